The minimum atomic E-state index is -0.177. The van der Waals surface area contributed by atoms with E-state index < -0.39 is 0 Å². The van der Waals surface area contributed by atoms with E-state index in [1.54, 1.807) is 11.1 Å². The average molecular weight is 962 g/mol. The normalized spacial score (nSPS) is 34.7. The van der Waals surface area contributed by atoms with Gasteiger partial charge in [0, 0.05) is 16.7 Å². The summed E-state index contributed by atoms with van der Waals surface area (Å²) < 4.78 is 0. The van der Waals surface area contributed by atoms with Crippen LogP contribution in [0.2, 0.25) is 0 Å². The quantitative estimate of drug-likeness (QED) is 0.136. The van der Waals surface area contributed by atoms with Crippen LogP contribution in [0.5, 0.6) is 0 Å². The molecule has 2 saturated carbocycles. The number of halogens is 2. The van der Waals surface area contributed by atoms with E-state index in [0.717, 1.165) is 22.4 Å². The van der Waals surface area contributed by atoms with Gasteiger partial charge in [0.05, 0.1) is 0 Å². The van der Waals surface area contributed by atoms with Gasteiger partial charge < -0.3 is 31.2 Å². The van der Waals surface area contributed by atoms with Gasteiger partial charge in [-0.15, -0.1) is 17.4 Å². The summed E-state index contributed by atoms with van der Waals surface area (Å²) in [5.74, 6) is 0.636. The Morgan fingerprint density at radius 1 is 0.619 bits per heavy atom. The summed E-state index contributed by atoms with van der Waals surface area (Å²) in [6.45, 7) is 23.3. The van der Waals surface area contributed by atoms with Gasteiger partial charge in [0.2, 0.25) is 0 Å². The third kappa shape index (κ3) is 6.56. The van der Waals surface area contributed by atoms with E-state index in [1.165, 1.54) is 38.2 Å². The smallest absolute Gasteiger partial charge is 1.00 e. The molecule has 0 amide bonds. The summed E-state index contributed by atoms with van der Waals surface area (Å²) in [7, 11) is 0.777. The first-order valence-corrected chi connectivity index (χ1v) is 23.5. The second-order valence-corrected chi connectivity index (χ2v) is 21.2. The molecule has 4 heteroatoms. The first kappa shape index (κ1) is 49.2. The standard InChI is InChI=1S/C47H53.C12H10Si.2ClH.Zr/c1-10-19-34-30-38-36(33-21-12-11-13-22-33)24-17-25-37(38)40(34)39-26-18-29-42(4)41(3)27-14-15-28-43(41,5)47(9)44(6,46(39,42)8)31-35-23-16-20-32(2)45(35,47)7;1-3-7-11(8-4-1)13-12-9-5-2-6-10-12;;;/h11-18,20-31,35,40H,10,19H2,1-9H3;1-10H;2*1H;/q-1;;;;+3/p-2. The molecule has 9 atom stereocenters. The van der Waals surface area contributed by atoms with Crippen LogP contribution in [-0.4, -0.2) is 9.52 Å². The van der Waals surface area contributed by atoms with Gasteiger partial charge in [0.25, 0.3) is 0 Å². The van der Waals surface area contributed by atoms with E-state index in [0.29, 0.717) is 5.92 Å². The Bertz CT molecular complexity index is 2500. The zero-order valence-corrected chi connectivity index (χ0v) is 43.6. The Kier molecular flexibility index (Phi) is 13.9. The van der Waals surface area contributed by atoms with Crippen molar-refractivity contribution in [2.24, 2.45) is 43.8 Å². The monoisotopic (exact) mass is 959 g/mol. The summed E-state index contributed by atoms with van der Waals surface area (Å²) in [5.41, 5.74) is 9.51. The van der Waals surface area contributed by atoms with E-state index in [1.807, 2.05) is 0 Å². The maximum atomic E-state index is 2.85. The Labute approximate surface area is 414 Å². The Morgan fingerprint density at radius 2 is 1.19 bits per heavy atom. The maximum Gasteiger partial charge on any atom is 3.00 e. The number of hydrogen-bond donors (Lipinski definition) is 0. The van der Waals surface area contributed by atoms with Gasteiger partial charge in [0.1, 0.15) is 9.52 Å². The molecule has 6 aliphatic rings. The van der Waals surface area contributed by atoms with Gasteiger partial charge in [-0.05, 0) is 57.3 Å². The number of allylic oxidation sites excluding steroid dienone is 13. The molecule has 9 unspecified atom stereocenters. The molecular formula is C59H63Cl2SiZr. The molecule has 321 valence electrons. The van der Waals surface area contributed by atoms with E-state index in [2.05, 4.69) is 245 Å². The molecule has 3 radical (unpaired) electrons. The summed E-state index contributed by atoms with van der Waals surface area (Å²) >= 11 is 0. The third-order valence-corrected chi connectivity index (χ3v) is 19.4. The van der Waals surface area contributed by atoms with Gasteiger partial charge in [-0.3, -0.25) is 0 Å². The van der Waals surface area contributed by atoms with Crippen LogP contribution in [0.4, 0.5) is 0 Å². The predicted octanol–water partition coefficient (Wildman–Crippen LogP) is 8.01. The molecule has 0 spiro atoms. The second-order valence-electron chi connectivity index (χ2n) is 19.8. The molecule has 63 heavy (non-hydrogen) atoms. The van der Waals surface area contributed by atoms with E-state index >= 15 is 0 Å². The maximum absolute atomic E-state index is 2.85. The molecular weight excluding hydrogens is 899 g/mol. The zero-order valence-electron chi connectivity index (χ0n) is 38.6. The van der Waals surface area contributed by atoms with Crippen LogP contribution in [0.1, 0.15) is 92.2 Å². The van der Waals surface area contributed by atoms with Crippen LogP contribution in [0.3, 0.4) is 0 Å². The summed E-state index contributed by atoms with van der Waals surface area (Å²) in [5, 5.41) is 2.79. The van der Waals surface area contributed by atoms with Crippen molar-refractivity contribution in [2.75, 3.05) is 0 Å². The van der Waals surface area contributed by atoms with Gasteiger partial charge in [-0.2, -0.15) is 0 Å². The summed E-state index contributed by atoms with van der Waals surface area (Å²) in [4.78, 5) is 0. The molecule has 0 saturated heterocycles. The number of fused-ring (bicyclic) bond motifs is 9. The van der Waals surface area contributed by atoms with Crippen molar-refractivity contribution in [3.8, 4) is 11.1 Å². The predicted molar refractivity (Wildman–Crippen MR) is 258 cm³/mol. The summed E-state index contributed by atoms with van der Waals surface area (Å²) in [6.07, 6.45) is 32.5. The van der Waals surface area contributed by atoms with Gasteiger partial charge >= 0.3 is 26.2 Å². The fourth-order valence-electron chi connectivity index (χ4n) is 14.3. The molecule has 0 bridgehead atoms. The Balaban J connectivity index is 0.000000355. The van der Waals surface area contributed by atoms with Gasteiger partial charge in [-0.1, -0.05) is 259 Å². The zero-order chi connectivity index (χ0) is 42.2. The molecule has 4 aromatic rings. The van der Waals surface area contributed by atoms with Crippen molar-refractivity contribution in [2.45, 2.75) is 81.1 Å². The number of hydrogen-bond acceptors (Lipinski definition) is 0. The molecule has 10 rings (SSSR count). The topological polar surface area (TPSA) is 0 Å². The fourth-order valence-corrected chi connectivity index (χ4v) is 15.3. The Hall–Kier alpha value is -3.26. The SMILES string of the molecule is CCCC1=Cc2c(-c3ccccc3)cccc2C1C1=CC=CC2(C)C3(C)C=CC=CC3(C)C3(C)C4(C)C(C)=CC=CC4[CH-]C3(C)C12C.[Cl-].[Cl-].[Zr+3].c1ccc([Si]c2ccccc2)cc1. The number of benzene rings is 4. The van der Waals surface area contributed by atoms with Crippen LogP contribution >= 0.6 is 0 Å². The minimum Gasteiger partial charge on any atom is -1.00 e. The molecule has 0 N–H and O–H groups in total. The average Bonchev–Trinajstić information content (AvgIpc) is 3.72. The van der Waals surface area contributed by atoms with Crippen LogP contribution in [-0.2, 0) is 26.2 Å². The number of rotatable bonds is 6. The van der Waals surface area contributed by atoms with Crippen molar-refractivity contribution in [3.05, 3.63) is 204 Å². The van der Waals surface area contributed by atoms with Crippen molar-refractivity contribution in [1.82, 2.24) is 0 Å². The Morgan fingerprint density at radius 3 is 1.79 bits per heavy atom. The van der Waals surface area contributed by atoms with Crippen molar-refractivity contribution in [1.29, 1.82) is 0 Å². The fraction of sp³-hybridized carbons (Fsp3) is 0.339. The van der Waals surface area contributed by atoms with Crippen molar-refractivity contribution in [3.63, 3.8) is 0 Å². The molecule has 0 aromatic heterocycles. The first-order valence-electron chi connectivity index (χ1n) is 22.5. The second kappa shape index (κ2) is 17.9. The molecule has 4 aromatic carbocycles. The molecule has 0 heterocycles. The van der Waals surface area contributed by atoms with E-state index in [-0.39, 0.29) is 94.8 Å². The molecule has 6 aliphatic carbocycles. The van der Waals surface area contributed by atoms with Crippen LogP contribution in [0.25, 0.3) is 17.2 Å². The molecule has 2 fully saturated rings. The van der Waals surface area contributed by atoms with Crippen LogP contribution < -0.4 is 35.2 Å². The van der Waals surface area contributed by atoms with Crippen molar-refractivity contribution < 1.29 is 51.0 Å². The van der Waals surface area contributed by atoms with Crippen molar-refractivity contribution >= 4 is 26.0 Å². The van der Waals surface area contributed by atoms with E-state index in [4.69, 9.17) is 0 Å². The minimum absolute atomic E-state index is 0. The van der Waals surface area contributed by atoms with E-state index in [9.17, 15) is 0 Å². The van der Waals surface area contributed by atoms with Gasteiger partial charge in [-0.25, -0.2) is 0 Å². The largest absolute Gasteiger partial charge is 3.00 e. The third-order valence-electron chi connectivity index (χ3n) is 18.2. The van der Waals surface area contributed by atoms with Gasteiger partial charge in [0.15, 0.2) is 0 Å². The molecule has 0 nitrogen and oxygen atoms in total. The summed E-state index contributed by atoms with van der Waals surface area (Å²) in [6, 6.07) is 39.3. The van der Waals surface area contributed by atoms with Crippen LogP contribution in [0, 0.1) is 50.2 Å². The molecule has 0 aliphatic heterocycles. The van der Waals surface area contributed by atoms with Crippen LogP contribution in [0.15, 0.2) is 187 Å². The first-order chi connectivity index (χ1) is 28.8.